The number of hydroxylamine groups is 2. The molecule has 2 N–H and O–H groups in total. The number of benzene rings is 1. The zero-order valence-corrected chi connectivity index (χ0v) is 14.2. The molecule has 1 aromatic rings. The van der Waals surface area contributed by atoms with Crippen LogP contribution in [0.25, 0.3) is 0 Å². The van der Waals surface area contributed by atoms with E-state index in [0.29, 0.717) is 5.06 Å². The van der Waals surface area contributed by atoms with Crippen molar-refractivity contribution in [3.8, 4) is 0 Å². The molecule has 1 aromatic carbocycles. The average Bonchev–Trinajstić information content (AvgIpc) is 2.90. The van der Waals surface area contributed by atoms with Gasteiger partial charge in [-0.3, -0.25) is 4.79 Å². The minimum absolute atomic E-state index is 0.0653. The van der Waals surface area contributed by atoms with Crippen LogP contribution in [-0.4, -0.2) is 40.4 Å². The summed E-state index contributed by atoms with van der Waals surface area (Å²) in [6.07, 6.45) is -1.62. The van der Waals surface area contributed by atoms with Gasteiger partial charge >= 0.3 is 12.1 Å². The number of nitrogens with zero attached hydrogens (tertiary/aromatic N) is 1. The molecular weight excluding hydrogens is 328 g/mol. The first kappa shape index (κ1) is 18.7. The van der Waals surface area contributed by atoms with Crippen molar-refractivity contribution in [1.82, 2.24) is 10.4 Å². The Morgan fingerprint density at radius 3 is 2.56 bits per heavy atom. The van der Waals surface area contributed by atoms with E-state index in [0.717, 1.165) is 5.56 Å². The second-order valence-electron chi connectivity index (χ2n) is 6.08. The van der Waals surface area contributed by atoms with Crippen molar-refractivity contribution in [2.75, 3.05) is 0 Å². The Morgan fingerprint density at radius 1 is 1.32 bits per heavy atom. The SMILES string of the molecule is CC(C)[C@H](NC(=O)OCc1ccccc1)C(=O)ON1C(=O)CCC1O. The second kappa shape index (κ2) is 8.48. The topological polar surface area (TPSA) is 105 Å². The van der Waals surface area contributed by atoms with Gasteiger partial charge in [-0.1, -0.05) is 44.2 Å². The van der Waals surface area contributed by atoms with Gasteiger partial charge in [0.15, 0.2) is 6.23 Å². The number of aliphatic hydroxyl groups is 1. The Morgan fingerprint density at radius 2 is 2.00 bits per heavy atom. The number of rotatable bonds is 6. The van der Waals surface area contributed by atoms with Crippen LogP contribution in [0.15, 0.2) is 30.3 Å². The van der Waals surface area contributed by atoms with Gasteiger partial charge in [-0.15, -0.1) is 5.06 Å². The Labute approximate surface area is 145 Å². The van der Waals surface area contributed by atoms with Crippen LogP contribution < -0.4 is 5.32 Å². The number of nitrogens with one attached hydrogen (secondary N) is 1. The van der Waals surface area contributed by atoms with Crippen LogP contribution in [0.1, 0.15) is 32.3 Å². The van der Waals surface area contributed by atoms with Crippen LogP contribution in [0, 0.1) is 5.92 Å². The number of aliphatic hydroxyl groups excluding tert-OH is 1. The molecule has 0 aliphatic carbocycles. The zero-order chi connectivity index (χ0) is 18.4. The van der Waals surface area contributed by atoms with Crippen molar-refractivity contribution in [2.24, 2.45) is 5.92 Å². The number of ether oxygens (including phenoxy) is 1. The number of hydrogen-bond acceptors (Lipinski definition) is 6. The first-order valence-corrected chi connectivity index (χ1v) is 8.07. The molecule has 1 aliphatic heterocycles. The van der Waals surface area contributed by atoms with E-state index in [1.165, 1.54) is 0 Å². The molecular formula is C17H22N2O6. The quantitative estimate of drug-likeness (QED) is 0.802. The molecule has 25 heavy (non-hydrogen) atoms. The summed E-state index contributed by atoms with van der Waals surface area (Å²) in [5.74, 6) is -1.61. The highest BCUT2D eigenvalue weighted by Gasteiger charge is 2.36. The van der Waals surface area contributed by atoms with E-state index in [1.54, 1.807) is 13.8 Å². The van der Waals surface area contributed by atoms with Crippen molar-refractivity contribution in [2.45, 2.75) is 45.6 Å². The highest BCUT2D eigenvalue weighted by Crippen LogP contribution is 2.18. The fraction of sp³-hybridized carbons (Fsp3) is 0.471. The molecule has 2 rings (SSSR count). The molecule has 8 nitrogen and oxygen atoms in total. The van der Waals surface area contributed by atoms with Crippen LogP contribution in [0.5, 0.6) is 0 Å². The summed E-state index contributed by atoms with van der Waals surface area (Å²) in [6.45, 7) is 3.49. The Kier molecular flexibility index (Phi) is 6.35. The standard InChI is InChI=1S/C17H22N2O6/c1-11(2)15(16(22)25-19-13(20)8-9-14(19)21)18-17(23)24-10-12-6-4-3-5-7-12/h3-7,11,13,15,20H,8-10H2,1-2H3,(H,18,23)/t13?,15-/m0/s1. The average molecular weight is 350 g/mol. The van der Waals surface area contributed by atoms with E-state index in [4.69, 9.17) is 9.57 Å². The molecule has 0 aromatic heterocycles. The van der Waals surface area contributed by atoms with Crippen LogP contribution >= 0.6 is 0 Å². The van der Waals surface area contributed by atoms with Gasteiger partial charge in [-0.05, 0) is 11.5 Å². The summed E-state index contributed by atoms with van der Waals surface area (Å²) in [7, 11) is 0. The normalized spacial score (nSPS) is 18.2. The van der Waals surface area contributed by atoms with E-state index in [-0.39, 0.29) is 25.4 Å². The van der Waals surface area contributed by atoms with Crippen molar-refractivity contribution in [3.05, 3.63) is 35.9 Å². The van der Waals surface area contributed by atoms with Crippen LogP contribution in [0.4, 0.5) is 4.79 Å². The number of carbonyl (C=O) groups is 3. The highest BCUT2D eigenvalue weighted by atomic mass is 16.7. The molecule has 0 spiro atoms. The van der Waals surface area contributed by atoms with Gasteiger partial charge in [-0.2, -0.15) is 0 Å². The highest BCUT2D eigenvalue weighted by molar-refractivity contribution is 5.84. The molecule has 0 radical (unpaired) electrons. The lowest BCUT2D eigenvalue weighted by molar-refractivity contribution is -0.222. The minimum atomic E-state index is -1.16. The van der Waals surface area contributed by atoms with Crippen molar-refractivity contribution < 1.29 is 29.1 Å². The smallest absolute Gasteiger partial charge is 0.408 e. The largest absolute Gasteiger partial charge is 0.445 e. The molecule has 0 saturated carbocycles. The van der Waals surface area contributed by atoms with Gasteiger partial charge in [0.2, 0.25) is 0 Å². The van der Waals surface area contributed by atoms with E-state index in [9.17, 15) is 19.5 Å². The van der Waals surface area contributed by atoms with Gasteiger partial charge in [-0.25, -0.2) is 9.59 Å². The van der Waals surface area contributed by atoms with Gasteiger partial charge in [0, 0.05) is 12.8 Å². The third-order valence-corrected chi connectivity index (χ3v) is 3.73. The van der Waals surface area contributed by atoms with Gasteiger partial charge < -0.3 is 20.0 Å². The van der Waals surface area contributed by atoms with Crippen LogP contribution in [-0.2, 0) is 25.8 Å². The van der Waals surface area contributed by atoms with Crippen molar-refractivity contribution in [3.63, 3.8) is 0 Å². The lowest BCUT2D eigenvalue weighted by Gasteiger charge is -2.24. The van der Waals surface area contributed by atoms with Crippen molar-refractivity contribution >= 4 is 18.0 Å². The molecule has 136 valence electrons. The van der Waals surface area contributed by atoms with Crippen LogP contribution in [0.2, 0.25) is 0 Å². The second-order valence-corrected chi connectivity index (χ2v) is 6.08. The number of hydrogen-bond donors (Lipinski definition) is 2. The summed E-state index contributed by atoms with van der Waals surface area (Å²) in [4.78, 5) is 40.7. The molecule has 1 fully saturated rings. The fourth-order valence-electron chi connectivity index (χ4n) is 2.30. The molecule has 2 amide bonds. The third kappa shape index (κ3) is 5.18. The molecule has 8 heteroatoms. The fourth-order valence-corrected chi connectivity index (χ4v) is 2.30. The number of alkyl carbamates (subject to hydrolysis) is 1. The Hall–Kier alpha value is -2.61. The predicted octanol–water partition coefficient (Wildman–Crippen LogP) is 1.34. The van der Waals surface area contributed by atoms with Gasteiger partial charge in [0.25, 0.3) is 5.91 Å². The predicted molar refractivity (Wildman–Crippen MR) is 86.6 cm³/mol. The number of carbonyl (C=O) groups excluding carboxylic acids is 3. The maximum absolute atomic E-state index is 12.2. The molecule has 1 saturated heterocycles. The molecule has 1 heterocycles. The molecule has 2 atom stereocenters. The number of amides is 2. The molecule has 1 aliphatic rings. The molecule has 0 bridgehead atoms. The van der Waals surface area contributed by atoms with E-state index in [2.05, 4.69) is 5.32 Å². The summed E-state index contributed by atoms with van der Waals surface area (Å²) < 4.78 is 5.08. The molecule has 1 unspecified atom stereocenters. The summed E-state index contributed by atoms with van der Waals surface area (Å²) >= 11 is 0. The lowest BCUT2D eigenvalue weighted by atomic mass is 10.1. The lowest BCUT2D eigenvalue weighted by Crippen LogP contribution is -2.48. The zero-order valence-electron chi connectivity index (χ0n) is 14.2. The van der Waals surface area contributed by atoms with E-state index in [1.807, 2.05) is 30.3 Å². The minimum Gasteiger partial charge on any atom is -0.445 e. The Bertz CT molecular complexity index is 619. The van der Waals surface area contributed by atoms with Gasteiger partial charge in [0.1, 0.15) is 12.6 Å². The third-order valence-electron chi connectivity index (χ3n) is 3.73. The summed E-state index contributed by atoms with van der Waals surface area (Å²) in [5, 5.41) is 12.7. The van der Waals surface area contributed by atoms with Gasteiger partial charge in [0.05, 0.1) is 0 Å². The van der Waals surface area contributed by atoms with E-state index < -0.39 is 30.2 Å². The maximum atomic E-state index is 12.2. The monoisotopic (exact) mass is 350 g/mol. The van der Waals surface area contributed by atoms with Crippen LogP contribution in [0.3, 0.4) is 0 Å². The van der Waals surface area contributed by atoms with E-state index >= 15 is 0 Å². The first-order valence-electron chi connectivity index (χ1n) is 8.07. The summed E-state index contributed by atoms with van der Waals surface area (Å²) in [6, 6.07) is 8.10. The Balaban J connectivity index is 1.89. The van der Waals surface area contributed by atoms with Crippen molar-refractivity contribution in [1.29, 1.82) is 0 Å². The summed E-state index contributed by atoms with van der Waals surface area (Å²) in [5.41, 5.74) is 0.812. The maximum Gasteiger partial charge on any atom is 0.408 e. The first-order chi connectivity index (χ1) is 11.9.